The van der Waals surface area contributed by atoms with Crippen LogP contribution in [0.4, 0.5) is 0 Å². The molecule has 88 valence electrons. The first kappa shape index (κ1) is 12.2. The van der Waals surface area contributed by atoms with Gasteiger partial charge in [0.15, 0.2) is 5.16 Å². The molecule has 0 spiro atoms. The first-order valence-corrected chi connectivity index (χ1v) is 7.47. The fourth-order valence-corrected chi connectivity index (χ4v) is 3.90. The van der Waals surface area contributed by atoms with Crippen molar-refractivity contribution in [3.8, 4) is 0 Å². The van der Waals surface area contributed by atoms with Crippen LogP contribution in [-0.2, 0) is 0 Å². The van der Waals surface area contributed by atoms with Gasteiger partial charge in [0, 0.05) is 18.1 Å². The maximum absolute atomic E-state index is 4.54. The van der Waals surface area contributed by atoms with E-state index in [0.717, 1.165) is 16.7 Å². The first-order chi connectivity index (χ1) is 7.85. The Kier molecular flexibility index (Phi) is 4.53. The van der Waals surface area contributed by atoms with Crippen LogP contribution in [0.2, 0.25) is 0 Å². The molecule has 0 saturated heterocycles. The lowest BCUT2D eigenvalue weighted by molar-refractivity contribution is 0.258. The van der Waals surface area contributed by atoms with Gasteiger partial charge in [-0.05, 0) is 30.1 Å². The molecule has 1 aliphatic carbocycles. The van der Waals surface area contributed by atoms with Gasteiger partial charge >= 0.3 is 0 Å². The van der Waals surface area contributed by atoms with Crippen molar-refractivity contribution in [3.05, 3.63) is 18.5 Å². The van der Waals surface area contributed by atoms with Crippen molar-refractivity contribution in [2.45, 2.75) is 37.3 Å². The molecule has 0 unspecified atom stereocenters. The Morgan fingerprint density at radius 3 is 2.50 bits per heavy atom. The van der Waals surface area contributed by atoms with Gasteiger partial charge in [-0.15, -0.1) is 0 Å². The lowest BCUT2D eigenvalue weighted by Gasteiger charge is -2.35. The molecule has 16 heavy (non-hydrogen) atoms. The average molecular weight is 254 g/mol. The van der Waals surface area contributed by atoms with Gasteiger partial charge in [-0.25, -0.2) is 9.97 Å². The highest BCUT2D eigenvalue weighted by Crippen LogP contribution is 2.40. The zero-order chi connectivity index (χ0) is 11.3. The highest BCUT2D eigenvalue weighted by molar-refractivity contribution is 7.99. The summed E-state index contributed by atoms with van der Waals surface area (Å²) < 4.78 is 0. The Hall–Kier alpha value is -0.220. The molecular formula is C12H18N2S2. The second-order valence-corrected chi connectivity index (χ2v) is 5.80. The summed E-state index contributed by atoms with van der Waals surface area (Å²) in [5.74, 6) is 2.10. The molecule has 0 aromatic carbocycles. The zero-order valence-corrected chi connectivity index (χ0v) is 11.1. The van der Waals surface area contributed by atoms with Gasteiger partial charge in [0.25, 0.3) is 0 Å². The van der Waals surface area contributed by atoms with Gasteiger partial charge in [0.1, 0.15) is 0 Å². The average Bonchev–Trinajstić information content (AvgIpc) is 2.39. The molecule has 0 amide bonds. The van der Waals surface area contributed by atoms with Gasteiger partial charge in [-0.3, -0.25) is 0 Å². The largest absolute Gasteiger partial charge is 0.231 e. The highest BCUT2D eigenvalue weighted by Gasteiger charge is 2.30. The zero-order valence-electron chi connectivity index (χ0n) is 9.43. The van der Waals surface area contributed by atoms with Crippen molar-refractivity contribution in [1.82, 2.24) is 9.97 Å². The van der Waals surface area contributed by atoms with Crippen molar-refractivity contribution < 1.29 is 0 Å². The van der Waals surface area contributed by atoms with Crippen molar-refractivity contribution in [2.24, 2.45) is 5.41 Å². The molecule has 1 heterocycles. The molecule has 0 atom stereocenters. The normalized spacial score (nSPS) is 19.6. The molecule has 4 heteroatoms. The van der Waals surface area contributed by atoms with Gasteiger partial charge in [0.05, 0.1) is 0 Å². The third-order valence-corrected chi connectivity index (χ3v) is 5.20. The van der Waals surface area contributed by atoms with Gasteiger partial charge in [0.2, 0.25) is 0 Å². The molecule has 1 aliphatic rings. The lowest BCUT2D eigenvalue weighted by Crippen LogP contribution is -2.28. The summed E-state index contributed by atoms with van der Waals surface area (Å²) in [5, 5.41) is 0.897. The number of hydrogen-bond donors (Lipinski definition) is 1. The topological polar surface area (TPSA) is 25.8 Å². The van der Waals surface area contributed by atoms with E-state index >= 15 is 0 Å². The minimum absolute atomic E-state index is 0.422. The van der Waals surface area contributed by atoms with Crippen LogP contribution < -0.4 is 0 Å². The molecule has 1 fully saturated rings. The van der Waals surface area contributed by atoms with Crippen LogP contribution in [-0.4, -0.2) is 21.5 Å². The van der Waals surface area contributed by atoms with Gasteiger partial charge < -0.3 is 0 Å². The number of hydrogen-bond acceptors (Lipinski definition) is 4. The van der Waals surface area contributed by atoms with Crippen LogP contribution in [0.3, 0.4) is 0 Å². The Labute approximate surface area is 107 Å². The summed E-state index contributed by atoms with van der Waals surface area (Å²) in [5.41, 5.74) is 0.422. The molecule has 1 aromatic rings. The van der Waals surface area contributed by atoms with Crippen molar-refractivity contribution in [3.63, 3.8) is 0 Å². The summed E-state index contributed by atoms with van der Waals surface area (Å²) in [6.07, 6.45) is 10.4. The summed E-state index contributed by atoms with van der Waals surface area (Å²) in [7, 11) is 0. The van der Waals surface area contributed by atoms with E-state index in [-0.39, 0.29) is 0 Å². The standard InChI is InChI=1S/C12H18N2S2/c15-9-12(5-2-1-3-6-12)10-16-11-13-7-4-8-14-11/h4,7-8,15H,1-3,5-6,9-10H2. The summed E-state index contributed by atoms with van der Waals surface area (Å²) in [4.78, 5) is 8.51. The summed E-state index contributed by atoms with van der Waals surface area (Å²) in [6.45, 7) is 0. The predicted octanol–water partition coefficient (Wildman–Crippen LogP) is 3.45. The van der Waals surface area contributed by atoms with Crippen molar-refractivity contribution >= 4 is 24.4 Å². The smallest absolute Gasteiger partial charge is 0.187 e. The molecular weight excluding hydrogens is 236 g/mol. The SMILES string of the molecule is SCC1(CSc2ncccn2)CCCCC1. The predicted molar refractivity (Wildman–Crippen MR) is 72.1 cm³/mol. The summed E-state index contributed by atoms with van der Waals surface area (Å²) in [6, 6.07) is 1.86. The van der Waals surface area contributed by atoms with Gasteiger partial charge in [-0.1, -0.05) is 31.0 Å². The Balaban J connectivity index is 1.92. The van der Waals surface area contributed by atoms with E-state index in [9.17, 15) is 0 Å². The van der Waals surface area contributed by atoms with Crippen molar-refractivity contribution in [1.29, 1.82) is 0 Å². The van der Waals surface area contributed by atoms with Crippen LogP contribution in [0, 0.1) is 5.41 Å². The van der Waals surface area contributed by atoms with Crippen LogP contribution in [0.5, 0.6) is 0 Å². The molecule has 1 aromatic heterocycles. The number of thiol groups is 1. The Morgan fingerprint density at radius 1 is 1.19 bits per heavy atom. The highest BCUT2D eigenvalue weighted by atomic mass is 32.2. The number of thioether (sulfide) groups is 1. The maximum atomic E-state index is 4.54. The van der Waals surface area contributed by atoms with E-state index in [0.29, 0.717) is 5.41 Å². The van der Waals surface area contributed by atoms with E-state index in [1.165, 1.54) is 32.1 Å². The molecule has 2 rings (SSSR count). The minimum atomic E-state index is 0.422. The molecule has 1 saturated carbocycles. The first-order valence-electron chi connectivity index (χ1n) is 5.85. The van der Waals surface area contributed by atoms with E-state index in [2.05, 4.69) is 22.6 Å². The van der Waals surface area contributed by atoms with E-state index in [1.54, 1.807) is 11.8 Å². The van der Waals surface area contributed by atoms with Crippen LogP contribution >= 0.6 is 24.4 Å². The monoisotopic (exact) mass is 254 g/mol. The molecule has 0 bridgehead atoms. The van der Waals surface area contributed by atoms with E-state index in [1.807, 2.05) is 18.5 Å². The fraction of sp³-hybridized carbons (Fsp3) is 0.667. The second-order valence-electron chi connectivity index (χ2n) is 4.54. The fourth-order valence-electron chi connectivity index (χ4n) is 2.23. The molecule has 0 N–H and O–H groups in total. The molecule has 2 nitrogen and oxygen atoms in total. The Bertz CT molecular complexity index is 310. The molecule has 0 radical (unpaired) electrons. The number of nitrogens with zero attached hydrogens (tertiary/aromatic N) is 2. The van der Waals surface area contributed by atoms with Crippen LogP contribution in [0.15, 0.2) is 23.6 Å². The van der Waals surface area contributed by atoms with Gasteiger partial charge in [-0.2, -0.15) is 12.6 Å². The van der Waals surface area contributed by atoms with Crippen LogP contribution in [0.1, 0.15) is 32.1 Å². The Morgan fingerprint density at radius 2 is 1.88 bits per heavy atom. The number of aromatic nitrogens is 2. The third kappa shape index (κ3) is 3.14. The maximum Gasteiger partial charge on any atom is 0.187 e. The van der Waals surface area contributed by atoms with Crippen molar-refractivity contribution in [2.75, 3.05) is 11.5 Å². The molecule has 0 aliphatic heterocycles. The quantitative estimate of drug-likeness (QED) is 0.506. The second kappa shape index (κ2) is 5.92. The van der Waals surface area contributed by atoms with Crippen LogP contribution in [0.25, 0.3) is 0 Å². The number of rotatable bonds is 4. The lowest BCUT2D eigenvalue weighted by atomic mass is 9.77. The van der Waals surface area contributed by atoms with E-state index in [4.69, 9.17) is 0 Å². The minimum Gasteiger partial charge on any atom is -0.231 e. The van der Waals surface area contributed by atoms with E-state index < -0.39 is 0 Å². The third-order valence-electron chi connectivity index (χ3n) is 3.30. The summed E-state index contributed by atoms with van der Waals surface area (Å²) >= 11 is 6.32.